The lowest BCUT2D eigenvalue weighted by molar-refractivity contribution is -0.105. The number of aromatic nitrogens is 2. The van der Waals surface area contributed by atoms with Gasteiger partial charge < -0.3 is 10.1 Å². The van der Waals surface area contributed by atoms with Crippen LogP contribution in [0.1, 0.15) is 0 Å². The molecule has 5 nitrogen and oxygen atoms in total. The molecule has 1 amide bonds. The van der Waals surface area contributed by atoms with Crippen LogP contribution in [0.3, 0.4) is 0 Å². The zero-order valence-electron chi connectivity index (χ0n) is 11.0. The molecule has 106 valence electrons. The van der Waals surface area contributed by atoms with Gasteiger partial charge >= 0.3 is 0 Å². The summed E-state index contributed by atoms with van der Waals surface area (Å²) in [5, 5.41) is 2.58. The van der Waals surface area contributed by atoms with E-state index in [2.05, 4.69) is 10.3 Å². The van der Waals surface area contributed by atoms with Gasteiger partial charge in [0.15, 0.2) is 0 Å². The summed E-state index contributed by atoms with van der Waals surface area (Å²) in [7, 11) is 0. The van der Waals surface area contributed by atoms with Crippen molar-refractivity contribution < 1.29 is 13.9 Å². The number of imidazole rings is 1. The van der Waals surface area contributed by atoms with Crippen LogP contribution in [0.2, 0.25) is 0 Å². The third-order valence-corrected chi connectivity index (χ3v) is 3.11. The summed E-state index contributed by atoms with van der Waals surface area (Å²) in [6.45, 7) is -0.864. The Labute approximate surface area is 120 Å². The highest BCUT2D eigenvalue weighted by atomic mass is 19.1. The number of halogens is 1. The SMILES string of the molecule is O=CNc1ccc(-n2cnc3cc(OCF)ccc32)cc1. The van der Waals surface area contributed by atoms with Gasteiger partial charge in [0.25, 0.3) is 0 Å². The maximum Gasteiger partial charge on any atom is 0.228 e. The van der Waals surface area contributed by atoms with Gasteiger partial charge in [0, 0.05) is 17.4 Å². The van der Waals surface area contributed by atoms with E-state index in [1.54, 1.807) is 30.6 Å². The van der Waals surface area contributed by atoms with E-state index in [1.165, 1.54) is 0 Å². The van der Waals surface area contributed by atoms with Crippen molar-refractivity contribution in [2.75, 3.05) is 12.2 Å². The minimum atomic E-state index is -0.864. The molecule has 0 saturated heterocycles. The number of carbonyl (C=O) groups is 1. The molecule has 3 rings (SSSR count). The van der Waals surface area contributed by atoms with E-state index in [0.29, 0.717) is 12.2 Å². The van der Waals surface area contributed by atoms with Crippen LogP contribution in [0, 0.1) is 0 Å². The summed E-state index contributed by atoms with van der Waals surface area (Å²) in [4.78, 5) is 14.7. The van der Waals surface area contributed by atoms with Crippen LogP contribution in [0.15, 0.2) is 48.8 Å². The molecule has 6 heteroatoms. The molecular formula is C15H12FN3O2. The molecule has 0 aliphatic carbocycles. The number of benzene rings is 2. The molecule has 2 aromatic carbocycles. The second kappa shape index (κ2) is 5.62. The number of hydrogen-bond donors (Lipinski definition) is 1. The first kappa shape index (κ1) is 13.1. The van der Waals surface area contributed by atoms with Crippen LogP contribution in [-0.4, -0.2) is 22.8 Å². The van der Waals surface area contributed by atoms with Crippen molar-refractivity contribution >= 4 is 23.1 Å². The fourth-order valence-corrected chi connectivity index (χ4v) is 2.14. The second-order valence-electron chi connectivity index (χ2n) is 4.33. The number of alkyl halides is 1. The van der Waals surface area contributed by atoms with Crippen molar-refractivity contribution in [2.24, 2.45) is 0 Å². The summed E-state index contributed by atoms with van der Waals surface area (Å²) < 4.78 is 18.9. The van der Waals surface area contributed by atoms with E-state index >= 15 is 0 Å². The molecule has 0 fully saturated rings. The molecule has 0 bridgehead atoms. The first-order valence-electron chi connectivity index (χ1n) is 6.28. The summed E-state index contributed by atoms with van der Waals surface area (Å²) in [5.74, 6) is 0.445. The predicted octanol–water partition coefficient (Wildman–Crippen LogP) is 2.90. The lowest BCUT2D eigenvalue weighted by Gasteiger charge is -2.06. The minimum absolute atomic E-state index is 0.445. The van der Waals surface area contributed by atoms with Crippen molar-refractivity contribution in [3.63, 3.8) is 0 Å². The molecule has 1 heterocycles. The van der Waals surface area contributed by atoms with Gasteiger partial charge in [0.2, 0.25) is 13.3 Å². The van der Waals surface area contributed by atoms with Gasteiger partial charge in [0.1, 0.15) is 12.1 Å². The number of nitrogens with zero attached hydrogens (tertiary/aromatic N) is 2. The zero-order chi connectivity index (χ0) is 14.7. The lowest BCUT2D eigenvalue weighted by Crippen LogP contribution is -1.95. The normalized spacial score (nSPS) is 10.5. The number of fused-ring (bicyclic) bond motifs is 1. The molecule has 0 saturated carbocycles. The number of ether oxygens (including phenoxy) is 1. The van der Waals surface area contributed by atoms with Crippen LogP contribution in [0.5, 0.6) is 5.75 Å². The highest BCUT2D eigenvalue weighted by Gasteiger charge is 2.06. The Hall–Kier alpha value is -2.89. The van der Waals surface area contributed by atoms with Gasteiger partial charge in [-0.1, -0.05) is 0 Å². The van der Waals surface area contributed by atoms with Gasteiger partial charge in [-0.2, -0.15) is 0 Å². The molecule has 0 spiro atoms. The van der Waals surface area contributed by atoms with Crippen LogP contribution >= 0.6 is 0 Å². The number of carbonyl (C=O) groups excluding carboxylic acids is 1. The fraction of sp³-hybridized carbons (Fsp3) is 0.0667. The molecule has 3 aromatic rings. The number of amides is 1. The van der Waals surface area contributed by atoms with Crippen molar-refractivity contribution in [1.82, 2.24) is 9.55 Å². The zero-order valence-corrected chi connectivity index (χ0v) is 11.0. The Morgan fingerprint density at radius 3 is 2.76 bits per heavy atom. The molecule has 0 radical (unpaired) electrons. The Morgan fingerprint density at radius 1 is 1.24 bits per heavy atom. The van der Waals surface area contributed by atoms with E-state index in [4.69, 9.17) is 4.74 Å². The molecule has 0 unspecified atom stereocenters. The van der Waals surface area contributed by atoms with E-state index in [0.717, 1.165) is 22.4 Å². The Balaban J connectivity index is 1.98. The minimum Gasteiger partial charge on any atom is -0.463 e. The van der Waals surface area contributed by atoms with E-state index in [1.807, 2.05) is 22.8 Å². The first-order chi connectivity index (χ1) is 10.3. The first-order valence-corrected chi connectivity index (χ1v) is 6.28. The largest absolute Gasteiger partial charge is 0.463 e. The van der Waals surface area contributed by atoms with Crippen LogP contribution in [0.4, 0.5) is 10.1 Å². The standard InChI is InChI=1S/C15H12FN3O2/c16-8-21-13-5-6-15-14(7-13)17-9-19(15)12-3-1-11(2-4-12)18-10-20/h1-7,9-10H,8H2,(H,18,20). The molecule has 0 atom stereocenters. The smallest absolute Gasteiger partial charge is 0.228 e. The van der Waals surface area contributed by atoms with E-state index in [9.17, 15) is 9.18 Å². The van der Waals surface area contributed by atoms with E-state index < -0.39 is 6.86 Å². The van der Waals surface area contributed by atoms with Gasteiger partial charge in [-0.05, 0) is 36.4 Å². The summed E-state index contributed by atoms with van der Waals surface area (Å²) in [6.07, 6.45) is 2.32. The van der Waals surface area contributed by atoms with Crippen molar-refractivity contribution in [1.29, 1.82) is 0 Å². The van der Waals surface area contributed by atoms with E-state index in [-0.39, 0.29) is 0 Å². The topological polar surface area (TPSA) is 56.2 Å². The fourth-order valence-electron chi connectivity index (χ4n) is 2.14. The van der Waals surface area contributed by atoms with Gasteiger partial charge in [-0.15, -0.1) is 0 Å². The van der Waals surface area contributed by atoms with Crippen molar-refractivity contribution in [3.05, 3.63) is 48.8 Å². The number of anilines is 1. The van der Waals surface area contributed by atoms with Gasteiger partial charge in [-0.25, -0.2) is 9.37 Å². The monoisotopic (exact) mass is 285 g/mol. The third-order valence-electron chi connectivity index (χ3n) is 3.11. The molecular weight excluding hydrogens is 273 g/mol. The number of hydrogen-bond acceptors (Lipinski definition) is 3. The quantitative estimate of drug-likeness (QED) is 0.733. The molecule has 0 aliphatic rings. The molecule has 0 aliphatic heterocycles. The second-order valence-corrected chi connectivity index (χ2v) is 4.33. The predicted molar refractivity (Wildman–Crippen MR) is 77.4 cm³/mol. The van der Waals surface area contributed by atoms with Crippen molar-refractivity contribution in [3.8, 4) is 11.4 Å². The average molecular weight is 285 g/mol. The van der Waals surface area contributed by atoms with Crippen LogP contribution in [-0.2, 0) is 4.79 Å². The summed E-state index contributed by atoms with van der Waals surface area (Å²) >= 11 is 0. The molecule has 1 N–H and O–H groups in total. The van der Waals surface area contributed by atoms with Crippen LogP contribution < -0.4 is 10.1 Å². The molecule has 21 heavy (non-hydrogen) atoms. The highest BCUT2D eigenvalue weighted by molar-refractivity contribution is 5.79. The average Bonchev–Trinajstić information content (AvgIpc) is 2.92. The number of nitrogens with one attached hydrogen (secondary N) is 1. The summed E-state index contributed by atoms with van der Waals surface area (Å²) in [5.41, 5.74) is 3.23. The summed E-state index contributed by atoms with van der Waals surface area (Å²) in [6, 6.07) is 12.6. The third kappa shape index (κ3) is 2.55. The molecule has 1 aromatic heterocycles. The Bertz CT molecular complexity index is 768. The maximum absolute atomic E-state index is 12.2. The maximum atomic E-state index is 12.2. The Kier molecular flexibility index (Phi) is 3.51. The van der Waals surface area contributed by atoms with Gasteiger partial charge in [-0.3, -0.25) is 9.36 Å². The number of rotatable bonds is 5. The highest BCUT2D eigenvalue weighted by Crippen LogP contribution is 2.23. The van der Waals surface area contributed by atoms with Crippen LogP contribution in [0.25, 0.3) is 16.7 Å². The van der Waals surface area contributed by atoms with Gasteiger partial charge in [0.05, 0.1) is 11.0 Å². The Morgan fingerprint density at radius 2 is 2.05 bits per heavy atom. The lowest BCUT2D eigenvalue weighted by atomic mass is 10.2. The van der Waals surface area contributed by atoms with Crippen molar-refractivity contribution in [2.45, 2.75) is 0 Å².